The van der Waals surface area contributed by atoms with E-state index in [9.17, 15) is 0 Å². The van der Waals surface area contributed by atoms with E-state index in [-0.39, 0.29) is 0 Å². The molecule has 0 aliphatic heterocycles. The van der Waals surface area contributed by atoms with Crippen LogP contribution in [0.5, 0.6) is 0 Å². The Balaban J connectivity index is 1.99. The van der Waals surface area contributed by atoms with Crippen LogP contribution in [0.3, 0.4) is 0 Å². The highest BCUT2D eigenvalue weighted by Gasteiger charge is 2.15. The minimum absolute atomic E-state index is 1.03. The smallest absolute Gasteiger partial charge is 0.145 e. The van der Waals surface area contributed by atoms with Crippen molar-refractivity contribution in [2.45, 2.75) is 27.7 Å². The molecule has 132 valence electrons. The van der Waals surface area contributed by atoms with Crippen molar-refractivity contribution >= 4 is 27.3 Å². The summed E-state index contributed by atoms with van der Waals surface area (Å²) in [5.41, 5.74) is 9.68. The van der Waals surface area contributed by atoms with Crippen molar-refractivity contribution in [3.8, 4) is 11.3 Å². The van der Waals surface area contributed by atoms with Crippen molar-refractivity contribution in [2.75, 3.05) is 0 Å². The number of hydrogen-bond donors (Lipinski definition) is 0. The maximum Gasteiger partial charge on any atom is 0.145 e. The zero-order valence-electron chi connectivity index (χ0n) is 16.2. The molecule has 2 heterocycles. The topological polar surface area (TPSA) is 17.3 Å². The first-order valence-corrected chi connectivity index (χ1v) is 9.42. The molecule has 0 aliphatic carbocycles. The first-order valence-electron chi connectivity index (χ1n) is 9.42. The summed E-state index contributed by atoms with van der Waals surface area (Å²) in [6, 6.07) is 19.6. The van der Waals surface area contributed by atoms with E-state index in [0.717, 1.165) is 11.3 Å². The molecule has 0 N–H and O–H groups in total. The first kappa shape index (κ1) is 16.1. The molecule has 27 heavy (non-hydrogen) atoms. The molecule has 0 bridgehead atoms. The standard InChI is InChI=1S/C25H22N2/c1-15-8-7-9-16(2)24(15)22-14-27-23-13-18(4)17(3)12-21(23)19-10-5-6-11-20(19)25(27)26-22/h5-14H,1-4H3. The molecule has 5 rings (SSSR count). The van der Waals surface area contributed by atoms with Gasteiger partial charge >= 0.3 is 0 Å². The molecule has 0 saturated heterocycles. The van der Waals surface area contributed by atoms with Crippen LogP contribution in [0.4, 0.5) is 0 Å². The molecular weight excluding hydrogens is 328 g/mol. The number of rotatable bonds is 1. The van der Waals surface area contributed by atoms with Crippen LogP contribution >= 0.6 is 0 Å². The minimum atomic E-state index is 1.03. The van der Waals surface area contributed by atoms with E-state index in [0.29, 0.717) is 0 Å². The molecule has 2 nitrogen and oxygen atoms in total. The van der Waals surface area contributed by atoms with E-state index in [1.54, 1.807) is 0 Å². The van der Waals surface area contributed by atoms with Crippen molar-refractivity contribution in [3.63, 3.8) is 0 Å². The van der Waals surface area contributed by atoms with E-state index in [2.05, 4.69) is 92.9 Å². The van der Waals surface area contributed by atoms with Crippen LogP contribution in [-0.4, -0.2) is 9.38 Å². The van der Waals surface area contributed by atoms with Gasteiger partial charge in [-0.1, -0.05) is 42.5 Å². The van der Waals surface area contributed by atoms with Gasteiger partial charge in [-0.3, -0.25) is 4.40 Å². The van der Waals surface area contributed by atoms with E-state index < -0.39 is 0 Å². The quantitative estimate of drug-likeness (QED) is 0.314. The fourth-order valence-corrected chi connectivity index (χ4v) is 4.22. The second-order valence-electron chi connectivity index (χ2n) is 7.59. The summed E-state index contributed by atoms with van der Waals surface area (Å²) in [6.07, 6.45) is 2.20. The lowest BCUT2D eigenvalue weighted by Gasteiger charge is -2.10. The molecule has 0 aliphatic rings. The van der Waals surface area contributed by atoms with Gasteiger partial charge in [-0.05, 0) is 67.5 Å². The minimum Gasteiger partial charge on any atom is -0.298 e. The summed E-state index contributed by atoms with van der Waals surface area (Å²) < 4.78 is 2.27. The zero-order valence-corrected chi connectivity index (χ0v) is 16.2. The molecule has 0 fully saturated rings. The molecule has 0 atom stereocenters. The second kappa shape index (κ2) is 5.68. The Hall–Kier alpha value is -3.13. The Morgan fingerprint density at radius 2 is 1.33 bits per heavy atom. The third kappa shape index (κ3) is 2.30. The fraction of sp³-hybridized carbons (Fsp3) is 0.160. The van der Waals surface area contributed by atoms with E-state index in [1.165, 1.54) is 49.5 Å². The largest absolute Gasteiger partial charge is 0.298 e. The summed E-state index contributed by atoms with van der Waals surface area (Å²) >= 11 is 0. The van der Waals surface area contributed by atoms with Gasteiger partial charge in [0.1, 0.15) is 5.65 Å². The van der Waals surface area contributed by atoms with Crippen LogP contribution in [0.1, 0.15) is 22.3 Å². The number of aryl methyl sites for hydroxylation is 4. The molecule has 2 aromatic heterocycles. The van der Waals surface area contributed by atoms with Crippen LogP contribution in [0.15, 0.2) is 60.8 Å². The van der Waals surface area contributed by atoms with Crippen LogP contribution in [0.2, 0.25) is 0 Å². The van der Waals surface area contributed by atoms with E-state index in [1.807, 2.05) is 0 Å². The average Bonchev–Trinajstić information content (AvgIpc) is 3.08. The van der Waals surface area contributed by atoms with E-state index >= 15 is 0 Å². The first-order chi connectivity index (χ1) is 13.0. The van der Waals surface area contributed by atoms with Gasteiger partial charge in [-0.25, -0.2) is 4.98 Å². The summed E-state index contributed by atoms with van der Waals surface area (Å²) in [7, 11) is 0. The van der Waals surface area contributed by atoms with Crippen molar-refractivity contribution < 1.29 is 0 Å². The number of fused-ring (bicyclic) bond motifs is 6. The SMILES string of the molecule is Cc1cc2c3ccccc3c3nc(-c4c(C)cccc4C)cn3c2cc1C. The van der Waals surface area contributed by atoms with Crippen molar-refractivity contribution in [1.82, 2.24) is 9.38 Å². The number of nitrogens with zero attached hydrogens (tertiary/aromatic N) is 2. The average molecular weight is 350 g/mol. The van der Waals surface area contributed by atoms with Crippen molar-refractivity contribution in [1.29, 1.82) is 0 Å². The van der Waals surface area contributed by atoms with Gasteiger partial charge in [0.05, 0.1) is 11.2 Å². The highest BCUT2D eigenvalue weighted by atomic mass is 15.0. The van der Waals surface area contributed by atoms with Crippen LogP contribution in [0, 0.1) is 27.7 Å². The predicted molar refractivity (Wildman–Crippen MR) is 115 cm³/mol. The van der Waals surface area contributed by atoms with Crippen LogP contribution in [0.25, 0.3) is 38.6 Å². The Morgan fingerprint density at radius 3 is 2.07 bits per heavy atom. The summed E-state index contributed by atoms with van der Waals surface area (Å²) in [5.74, 6) is 0. The number of pyridine rings is 1. The monoisotopic (exact) mass is 350 g/mol. The number of hydrogen-bond acceptors (Lipinski definition) is 1. The maximum absolute atomic E-state index is 5.10. The third-order valence-electron chi connectivity index (χ3n) is 5.77. The summed E-state index contributed by atoms with van der Waals surface area (Å²) in [4.78, 5) is 5.10. The van der Waals surface area contributed by atoms with Gasteiger partial charge in [0.25, 0.3) is 0 Å². The van der Waals surface area contributed by atoms with Crippen molar-refractivity contribution in [3.05, 3.63) is 83.0 Å². The maximum atomic E-state index is 5.10. The lowest BCUT2D eigenvalue weighted by atomic mass is 10.0. The van der Waals surface area contributed by atoms with Crippen molar-refractivity contribution in [2.24, 2.45) is 0 Å². The molecule has 5 aromatic rings. The zero-order chi connectivity index (χ0) is 18.7. The van der Waals surface area contributed by atoms with Gasteiger partial charge in [-0.15, -0.1) is 0 Å². The second-order valence-corrected chi connectivity index (χ2v) is 7.59. The highest BCUT2D eigenvalue weighted by molar-refractivity contribution is 6.12. The predicted octanol–water partition coefficient (Wildman–Crippen LogP) is 6.54. The molecule has 0 spiro atoms. The van der Waals surface area contributed by atoms with Gasteiger partial charge in [0.15, 0.2) is 0 Å². The van der Waals surface area contributed by atoms with Gasteiger partial charge < -0.3 is 0 Å². The molecule has 0 saturated carbocycles. The summed E-state index contributed by atoms with van der Waals surface area (Å²) in [5, 5.41) is 3.75. The Kier molecular flexibility index (Phi) is 3.38. The van der Waals surface area contributed by atoms with Gasteiger partial charge in [0, 0.05) is 22.5 Å². The Bertz CT molecular complexity index is 1340. The highest BCUT2D eigenvalue weighted by Crippen LogP contribution is 2.34. The molecule has 3 aromatic carbocycles. The molecular formula is C25H22N2. The Labute approximate surface area is 159 Å². The normalized spacial score (nSPS) is 11.7. The van der Waals surface area contributed by atoms with Crippen LogP contribution in [-0.2, 0) is 0 Å². The Morgan fingerprint density at radius 1 is 0.667 bits per heavy atom. The van der Waals surface area contributed by atoms with Gasteiger partial charge in [0.2, 0.25) is 0 Å². The van der Waals surface area contributed by atoms with Crippen LogP contribution < -0.4 is 0 Å². The number of benzene rings is 3. The third-order valence-corrected chi connectivity index (χ3v) is 5.77. The lowest BCUT2D eigenvalue weighted by molar-refractivity contribution is 1.25. The fourth-order valence-electron chi connectivity index (χ4n) is 4.22. The molecule has 2 heteroatoms. The van der Waals surface area contributed by atoms with E-state index in [4.69, 9.17) is 4.98 Å². The number of imidazole rings is 1. The lowest BCUT2D eigenvalue weighted by Crippen LogP contribution is -1.92. The molecule has 0 unspecified atom stereocenters. The molecule has 0 amide bonds. The molecule has 0 radical (unpaired) electrons. The summed E-state index contributed by atoms with van der Waals surface area (Å²) in [6.45, 7) is 8.69. The van der Waals surface area contributed by atoms with Gasteiger partial charge in [-0.2, -0.15) is 0 Å². The number of aromatic nitrogens is 2.